The summed E-state index contributed by atoms with van der Waals surface area (Å²) >= 11 is 1.07. The highest BCUT2D eigenvalue weighted by Crippen LogP contribution is 2.31. The van der Waals surface area contributed by atoms with Crippen LogP contribution in [0.25, 0.3) is 22.2 Å². The highest BCUT2D eigenvalue weighted by molar-refractivity contribution is 7.99. The molecule has 0 fully saturated rings. The van der Waals surface area contributed by atoms with Gasteiger partial charge in [0.2, 0.25) is 11.8 Å². The fraction of sp³-hybridized carbons (Fsp3) is 0.0952. The Morgan fingerprint density at radius 3 is 2.77 bits per heavy atom. The number of nitrogens with zero attached hydrogens (tertiary/aromatic N) is 3. The summed E-state index contributed by atoms with van der Waals surface area (Å²) < 4.78 is 10.9. The topological polar surface area (TPSA) is 120 Å². The summed E-state index contributed by atoms with van der Waals surface area (Å²) in [6, 6.07) is 17.6. The first-order valence-electron chi connectivity index (χ1n) is 9.12. The number of amides is 1. The minimum Gasteiger partial charge on any atom is -0.495 e. The molecule has 1 N–H and O–H groups in total. The number of rotatable bonds is 7. The van der Waals surface area contributed by atoms with Crippen molar-refractivity contribution in [1.82, 2.24) is 10.2 Å². The second-order valence-electron chi connectivity index (χ2n) is 6.38. The van der Waals surface area contributed by atoms with E-state index >= 15 is 0 Å². The van der Waals surface area contributed by atoms with Crippen LogP contribution in [0.2, 0.25) is 0 Å². The second-order valence-corrected chi connectivity index (χ2v) is 7.30. The first-order chi connectivity index (χ1) is 15.0. The summed E-state index contributed by atoms with van der Waals surface area (Å²) in [6.45, 7) is 0. The Morgan fingerprint density at radius 1 is 1.16 bits per heavy atom. The number of nitro benzene ring substituents is 1. The van der Waals surface area contributed by atoms with Gasteiger partial charge in [-0.1, -0.05) is 48.2 Å². The summed E-state index contributed by atoms with van der Waals surface area (Å²) in [5, 5.41) is 24.0. The molecule has 1 heterocycles. The number of nitrogens with one attached hydrogen (secondary N) is 1. The van der Waals surface area contributed by atoms with Crippen LogP contribution in [0.15, 0.2) is 70.3 Å². The van der Waals surface area contributed by atoms with E-state index in [0.717, 1.165) is 28.1 Å². The number of fused-ring (bicyclic) bond motifs is 1. The molecular formula is C21H16N4O5S. The third-order valence-electron chi connectivity index (χ3n) is 4.42. The zero-order chi connectivity index (χ0) is 21.8. The molecule has 9 nitrogen and oxygen atoms in total. The molecule has 1 amide bonds. The molecule has 0 saturated heterocycles. The number of ether oxygens (including phenoxy) is 1. The molecule has 4 aromatic rings. The lowest BCUT2D eigenvalue weighted by Crippen LogP contribution is -2.14. The number of hydrogen-bond acceptors (Lipinski definition) is 8. The third kappa shape index (κ3) is 4.48. The third-order valence-corrected chi connectivity index (χ3v) is 5.24. The van der Waals surface area contributed by atoms with Gasteiger partial charge in [-0.25, -0.2) is 0 Å². The van der Waals surface area contributed by atoms with Crippen molar-refractivity contribution in [1.29, 1.82) is 0 Å². The molecule has 0 saturated carbocycles. The largest absolute Gasteiger partial charge is 0.495 e. The summed E-state index contributed by atoms with van der Waals surface area (Å²) in [4.78, 5) is 22.8. The Morgan fingerprint density at radius 2 is 1.97 bits per heavy atom. The van der Waals surface area contributed by atoms with E-state index in [4.69, 9.17) is 9.15 Å². The highest BCUT2D eigenvalue weighted by atomic mass is 32.2. The first kappa shape index (κ1) is 20.4. The SMILES string of the molecule is COc1ccc([N+](=O)[O-])cc1NC(=O)CSc1nnc(-c2cccc3ccccc23)o1. The highest BCUT2D eigenvalue weighted by Gasteiger charge is 2.16. The maximum absolute atomic E-state index is 12.3. The van der Waals surface area contributed by atoms with E-state index in [-0.39, 0.29) is 22.4 Å². The zero-order valence-electron chi connectivity index (χ0n) is 16.3. The molecule has 0 aliphatic heterocycles. The number of carbonyl (C=O) groups is 1. The van der Waals surface area contributed by atoms with Gasteiger partial charge in [0, 0.05) is 17.7 Å². The molecule has 0 bridgehead atoms. The zero-order valence-corrected chi connectivity index (χ0v) is 17.1. The van der Waals surface area contributed by atoms with Gasteiger partial charge in [-0.05, 0) is 22.9 Å². The van der Waals surface area contributed by atoms with Gasteiger partial charge in [0.1, 0.15) is 5.75 Å². The predicted molar refractivity (Wildman–Crippen MR) is 116 cm³/mol. The van der Waals surface area contributed by atoms with Crippen LogP contribution in [0.4, 0.5) is 11.4 Å². The minimum absolute atomic E-state index is 0.0248. The molecule has 31 heavy (non-hydrogen) atoms. The van der Waals surface area contributed by atoms with Crippen LogP contribution >= 0.6 is 11.8 Å². The predicted octanol–water partition coefficient (Wildman–Crippen LogP) is 4.54. The number of thioether (sulfide) groups is 1. The van der Waals surface area contributed by atoms with Crippen molar-refractivity contribution in [3.63, 3.8) is 0 Å². The smallest absolute Gasteiger partial charge is 0.277 e. The standard InChI is InChI=1S/C21H16N4O5S/c1-29-18-10-9-14(25(27)28)11-17(18)22-19(26)12-31-21-24-23-20(30-21)16-8-4-6-13-5-2-3-7-15(13)16/h2-11H,12H2,1H3,(H,22,26). The lowest BCUT2D eigenvalue weighted by Gasteiger charge is -2.09. The van der Waals surface area contributed by atoms with Gasteiger partial charge in [-0.3, -0.25) is 14.9 Å². The van der Waals surface area contributed by atoms with Gasteiger partial charge in [0.25, 0.3) is 10.9 Å². The van der Waals surface area contributed by atoms with Crippen LogP contribution in [0.1, 0.15) is 0 Å². The molecule has 3 aromatic carbocycles. The monoisotopic (exact) mass is 436 g/mol. The molecule has 156 valence electrons. The van der Waals surface area contributed by atoms with Crippen LogP contribution in [-0.2, 0) is 4.79 Å². The molecule has 1 aromatic heterocycles. The fourth-order valence-electron chi connectivity index (χ4n) is 3.01. The van der Waals surface area contributed by atoms with Crippen molar-refractivity contribution >= 4 is 39.8 Å². The van der Waals surface area contributed by atoms with E-state index in [0.29, 0.717) is 11.6 Å². The van der Waals surface area contributed by atoms with E-state index < -0.39 is 10.8 Å². The second kappa shape index (κ2) is 8.84. The van der Waals surface area contributed by atoms with Crippen LogP contribution in [0.5, 0.6) is 5.75 Å². The molecule has 0 unspecified atom stereocenters. The molecule has 0 atom stereocenters. The summed E-state index contributed by atoms with van der Waals surface area (Å²) in [5.41, 5.74) is 0.868. The maximum Gasteiger partial charge on any atom is 0.277 e. The number of hydrogen-bond donors (Lipinski definition) is 1. The molecule has 0 radical (unpaired) electrons. The van der Waals surface area contributed by atoms with Crippen molar-refractivity contribution in [2.45, 2.75) is 5.22 Å². The quantitative estimate of drug-likeness (QED) is 0.255. The normalized spacial score (nSPS) is 10.7. The Balaban J connectivity index is 1.45. The van der Waals surface area contributed by atoms with E-state index in [1.165, 1.54) is 25.3 Å². The van der Waals surface area contributed by atoms with Crippen LogP contribution in [-0.4, -0.2) is 33.9 Å². The maximum atomic E-state index is 12.3. The number of aromatic nitrogens is 2. The number of anilines is 1. The Kier molecular flexibility index (Phi) is 5.80. The Hall–Kier alpha value is -3.92. The lowest BCUT2D eigenvalue weighted by atomic mass is 10.0. The van der Waals surface area contributed by atoms with Crippen LogP contribution < -0.4 is 10.1 Å². The van der Waals surface area contributed by atoms with Crippen molar-refractivity contribution in [3.8, 4) is 17.2 Å². The summed E-state index contributed by atoms with van der Waals surface area (Å²) in [5.74, 6) is 0.261. The minimum atomic E-state index is -0.545. The lowest BCUT2D eigenvalue weighted by molar-refractivity contribution is -0.384. The summed E-state index contributed by atoms with van der Waals surface area (Å²) in [7, 11) is 1.42. The van der Waals surface area contributed by atoms with E-state index in [1.54, 1.807) is 0 Å². The molecule has 10 heteroatoms. The van der Waals surface area contributed by atoms with Crippen LogP contribution in [0, 0.1) is 10.1 Å². The van der Waals surface area contributed by atoms with Gasteiger partial charge < -0.3 is 14.5 Å². The van der Waals surface area contributed by atoms with Crippen LogP contribution in [0.3, 0.4) is 0 Å². The molecule has 0 aliphatic rings. The Bertz CT molecular complexity index is 1270. The number of carbonyl (C=O) groups excluding carboxylic acids is 1. The van der Waals surface area contributed by atoms with Gasteiger partial charge in [0.15, 0.2) is 0 Å². The number of benzene rings is 3. The Labute approximate surface area is 180 Å². The fourth-order valence-corrected chi connectivity index (χ4v) is 3.57. The van der Waals surface area contributed by atoms with Gasteiger partial charge in [-0.2, -0.15) is 0 Å². The average Bonchev–Trinajstić information content (AvgIpc) is 3.26. The molecular weight excluding hydrogens is 420 g/mol. The molecule has 4 rings (SSSR count). The first-order valence-corrected chi connectivity index (χ1v) is 10.1. The number of methoxy groups -OCH3 is 1. The van der Waals surface area contributed by atoms with Gasteiger partial charge in [-0.15, -0.1) is 10.2 Å². The number of nitro groups is 1. The molecule has 0 aliphatic carbocycles. The van der Waals surface area contributed by atoms with Crippen molar-refractivity contribution in [2.75, 3.05) is 18.2 Å². The van der Waals surface area contributed by atoms with Crippen molar-refractivity contribution in [3.05, 3.63) is 70.8 Å². The van der Waals surface area contributed by atoms with Gasteiger partial charge in [0.05, 0.1) is 23.5 Å². The van der Waals surface area contributed by atoms with Crippen molar-refractivity contribution in [2.24, 2.45) is 0 Å². The average molecular weight is 436 g/mol. The van der Waals surface area contributed by atoms with E-state index in [9.17, 15) is 14.9 Å². The van der Waals surface area contributed by atoms with Crippen molar-refractivity contribution < 1.29 is 18.9 Å². The van der Waals surface area contributed by atoms with E-state index in [2.05, 4.69) is 15.5 Å². The van der Waals surface area contributed by atoms with Gasteiger partial charge >= 0.3 is 0 Å². The van der Waals surface area contributed by atoms with E-state index in [1.807, 2.05) is 42.5 Å². The molecule has 0 spiro atoms. The number of non-ortho nitro benzene ring substituents is 1. The summed E-state index contributed by atoms with van der Waals surface area (Å²) in [6.07, 6.45) is 0.